The summed E-state index contributed by atoms with van der Waals surface area (Å²) >= 11 is 0. The fraction of sp³-hybridized carbons (Fsp3) is 0.300. The van der Waals surface area contributed by atoms with Gasteiger partial charge in [0, 0.05) is 19.0 Å². The van der Waals surface area contributed by atoms with Gasteiger partial charge in [-0.1, -0.05) is 0 Å². The van der Waals surface area contributed by atoms with Gasteiger partial charge in [0.25, 0.3) is 5.88 Å². The molecular weight excluding hydrogens is 198 g/mol. The molecule has 2 heterocycles. The SMILES string of the molecule is O=C1CCCC(=O)Oc2ncccc2O1. The van der Waals surface area contributed by atoms with Gasteiger partial charge in [0.05, 0.1) is 0 Å². The molecule has 0 atom stereocenters. The number of fused-ring (bicyclic) bond motifs is 1. The molecule has 0 fully saturated rings. The maximum absolute atomic E-state index is 11.2. The second-order valence-electron chi connectivity index (χ2n) is 3.11. The zero-order chi connectivity index (χ0) is 10.7. The molecule has 0 unspecified atom stereocenters. The number of carbonyl (C=O) groups excluding carboxylic acids is 2. The van der Waals surface area contributed by atoms with Crippen LogP contribution in [0.4, 0.5) is 0 Å². The van der Waals surface area contributed by atoms with Crippen LogP contribution < -0.4 is 9.47 Å². The van der Waals surface area contributed by atoms with Crippen LogP contribution in [0.1, 0.15) is 19.3 Å². The molecule has 15 heavy (non-hydrogen) atoms. The van der Waals surface area contributed by atoms with Gasteiger partial charge in [0.2, 0.25) is 0 Å². The van der Waals surface area contributed by atoms with Crippen molar-refractivity contribution in [2.24, 2.45) is 0 Å². The molecular formula is C10H9NO4. The van der Waals surface area contributed by atoms with Crippen LogP contribution in [0.5, 0.6) is 11.6 Å². The highest BCUT2D eigenvalue weighted by atomic mass is 16.6. The molecule has 0 N–H and O–H groups in total. The van der Waals surface area contributed by atoms with Gasteiger partial charge in [-0.3, -0.25) is 9.59 Å². The predicted octanol–water partition coefficient (Wildman–Crippen LogP) is 1.08. The van der Waals surface area contributed by atoms with Crippen LogP contribution >= 0.6 is 0 Å². The van der Waals surface area contributed by atoms with Crippen LogP contribution in [0.2, 0.25) is 0 Å². The summed E-state index contributed by atoms with van der Waals surface area (Å²) < 4.78 is 9.92. The van der Waals surface area contributed by atoms with Crippen LogP contribution in [0.15, 0.2) is 18.3 Å². The number of pyridine rings is 1. The first-order chi connectivity index (χ1) is 7.25. The van der Waals surface area contributed by atoms with Crippen molar-refractivity contribution in [1.82, 2.24) is 4.98 Å². The minimum absolute atomic E-state index is 0.0535. The van der Waals surface area contributed by atoms with Crippen molar-refractivity contribution in [3.8, 4) is 11.6 Å². The second kappa shape index (κ2) is 4.08. The van der Waals surface area contributed by atoms with E-state index in [2.05, 4.69) is 4.98 Å². The van der Waals surface area contributed by atoms with Crippen molar-refractivity contribution in [2.75, 3.05) is 0 Å². The summed E-state index contributed by atoms with van der Waals surface area (Å²) in [5, 5.41) is 0. The monoisotopic (exact) mass is 207 g/mol. The van der Waals surface area contributed by atoms with E-state index in [1.54, 1.807) is 12.1 Å². The average Bonchev–Trinajstić information content (AvgIpc) is 2.26. The van der Waals surface area contributed by atoms with E-state index in [0.29, 0.717) is 6.42 Å². The Hall–Kier alpha value is -1.91. The Morgan fingerprint density at radius 3 is 2.67 bits per heavy atom. The van der Waals surface area contributed by atoms with E-state index in [9.17, 15) is 9.59 Å². The Kier molecular flexibility index (Phi) is 2.62. The topological polar surface area (TPSA) is 65.5 Å². The maximum Gasteiger partial charge on any atom is 0.312 e. The normalized spacial score (nSPS) is 16.5. The molecule has 0 spiro atoms. The lowest BCUT2D eigenvalue weighted by Gasteiger charge is -2.05. The van der Waals surface area contributed by atoms with Gasteiger partial charge < -0.3 is 9.47 Å². The van der Waals surface area contributed by atoms with E-state index in [4.69, 9.17) is 9.47 Å². The average molecular weight is 207 g/mol. The highest BCUT2D eigenvalue weighted by Crippen LogP contribution is 2.25. The molecule has 0 bridgehead atoms. The van der Waals surface area contributed by atoms with Gasteiger partial charge in [0.1, 0.15) is 0 Å². The molecule has 5 nitrogen and oxygen atoms in total. The number of esters is 2. The van der Waals surface area contributed by atoms with E-state index in [0.717, 1.165) is 0 Å². The summed E-state index contributed by atoms with van der Waals surface area (Å²) in [6, 6.07) is 3.15. The lowest BCUT2D eigenvalue weighted by Crippen LogP contribution is -2.08. The number of ether oxygens (including phenoxy) is 2. The third kappa shape index (κ3) is 2.31. The van der Waals surface area contributed by atoms with Crippen molar-refractivity contribution < 1.29 is 19.1 Å². The molecule has 0 radical (unpaired) electrons. The number of hydrogen-bond acceptors (Lipinski definition) is 5. The summed E-state index contributed by atoms with van der Waals surface area (Å²) in [6.07, 6.45) is 2.32. The number of carbonyl (C=O) groups is 2. The third-order valence-electron chi connectivity index (χ3n) is 1.93. The zero-order valence-corrected chi connectivity index (χ0v) is 7.93. The van der Waals surface area contributed by atoms with E-state index in [1.807, 2.05) is 0 Å². The van der Waals surface area contributed by atoms with Gasteiger partial charge in [-0.05, 0) is 18.6 Å². The second-order valence-corrected chi connectivity index (χ2v) is 3.11. The van der Waals surface area contributed by atoms with Crippen molar-refractivity contribution in [2.45, 2.75) is 19.3 Å². The summed E-state index contributed by atoms with van der Waals surface area (Å²) in [5.41, 5.74) is 0. The van der Waals surface area contributed by atoms with Gasteiger partial charge in [-0.15, -0.1) is 0 Å². The smallest absolute Gasteiger partial charge is 0.312 e. The minimum atomic E-state index is -0.395. The molecule has 0 saturated carbocycles. The Morgan fingerprint density at radius 1 is 1.13 bits per heavy atom. The lowest BCUT2D eigenvalue weighted by molar-refractivity contribution is -0.134. The van der Waals surface area contributed by atoms with E-state index >= 15 is 0 Å². The number of hydrogen-bond donors (Lipinski definition) is 0. The molecule has 0 aromatic carbocycles. The molecule has 2 rings (SSSR count). The van der Waals surface area contributed by atoms with Crippen LogP contribution in [0, 0.1) is 0 Å². The highest BCUT2D eigenvalue weighted by Gasteiger charge is 2.17. The van der Waals surface area contributed by atoms with Crippen LogP contribution in [-0.4, -0.2) is 16.9 Å². The summed E-state index contributed by atoms with van der Waals surface area (Å²) in [7, 11) is 0. The molecule has 1 aromatic heterocycles. The van der Waals surface area contributed by atoms with Gasteiger partial charge in [-0.2, -0.15) is 0 Å². The fourth-order valence-electron chi connectivity index (χ4n) is 1.24. The molecule has 1 aromatic rings. The van der Waals surface area contributed by atoms with Crippen molar-refractivity contribution >= 4 is 11.9 Å². The Morgan fingerprint density at radius 2 is 1.87 bits per heavy atom. The third-order valence-corrected chi connectivity index (χ3v) is 1.93. The summed E-state index contributed by atoms with van der Waals surface area (Å²) in [5.74, 6) is -0.522. The first-order valence-electron chi connectivity index (χ1n) is 4.62. The minimum Gasteiger partial charge on any atom is -0.421 e. The molecule has 0 saturated heterocycles. The molecule has 1 aliphatic rings. The van der Waals surface area contributed by atoms with Crippen LogP contribution in [0.25, 0.3) is 0 Å². The van der Waals surface area contributed by atoms with Crippen LogP contribution in [-0.2, 0) is 9.59 Å². The lowest BCUT2D eigenvalue weighted by atomic mass is 10.2. The summed E-state index contributed by atoms with van der Waals surface area (Å²) in [6.45, 7) is 0. The Labute approximate surface area is 86.0 Å². The molecule has 1 aliphatic heterocycles. The van der Waals surface area contributed by atoms with Gasteiger partial charge in [-0.25, -0.2) is 4.98 Å². The molecule has 5 heteroatoms. The highest BCUT2D eigenvalue weighted by molar-refractivity contribution is 5.77. The fourth-order valence-corrected chi connectivity index (χ4v) is 1.24. The zero-order valence-electron chi connectivity index (χ0n) is 7.93. The van der Waals surface area contributed by atoms with Gasteiger partial charge in [0.15, 0.2) is 5.75 Å². The summed E-state index contributed by atoms with van der Waals surface area (Å²) in [4.78, 5) is 26.3. The Bertz CT molecular complexity index is 365. The number of rotatable bonds is 0. The molecule has 0 amide bonds. The van der Waals surface area contributed by atoms with Crippen molar-refractivity contribution in [3.63, 3.8) is 0 Å². The van der Waals surface area contributed by atoms with Crippen LogP contribution in [0.3, 0.4) is 0 Å². The number of nitrogens with zero attached hydrogens (tertiary/aromatic N) is 1. The molecule has 78 valence electrons. The van der Waals surface area contributed by atoms with E-state index in [1.165, 1.54) is 6.20 Å². The standard InChI is InChI=1S/C10H9NO4/c12-8-4-1-5-9(13)15-10-7(14-8)3-2-6-11-10/h2-3,6H,1,4-5H2. The Balaban J connectivity index is 2.32. The quantitative estimate of drug-likeness (QED) is 0.595. The largest absolute Gasteiger partial charge is 0.421 e. The number of aromatic nitrogens is 1. The first-order valence-corrected chi connectivity index (χ1v) is 4.62. The van der Waals surface area contributed by atoms with Crippen molar-refractivity contribution in [1.29, 1.82) is 0 Å². The van der Waals surface area contributed by atoms with E-state index in [-0.39, 0.29) is 30.4 Å². The predicted molar refractivity (Wildman–Crippen MR) is 49.4 cm³/mol. The molecule has 0 aliphatic carbocycles. The van der Waals surface area contributed by atoms with E-state index < -0.39 is 5.97 Å². The first kappa shape index (κ1) is 9.64. The van der Waals surface area contributed by atoms with Gasteiger partial charge >= 0.3 is 11.9 Å². The van der Waals surface area contributed by atoms with Crippen molar-refractivity contribution in [3.05, 3.63) is 18.3 Å². The maximum atomic E-state index is 11.2.